The molecule has 1 aromatic carbocycles. The van der Waals surface area contributed by atoms with Gasteiger partial charge in [-0.2, -0.15) is 0 Å². The summed E-state index contributed by atoms with van der Waals surface area (Å²) in [5.74, 6) is -0.547. The van der Waals surface area contributed by atoms with Gasteiger partial charge in [-0.05, 0) is 36.2 Å². The van der Waals surface area contributed by atoms with E-state index in [-0.39, 0.29) is 18.1 Å². The number of pyridine rings is 1. The van der Waals surface area contributed by atoms with Crippen molar-refractivity contribution in [2.75, 3.05) is 5.32 Å². The number of halogens is 1. The van der Waals surface area contributed by atoms with Crippen molar-refractivity contribution in [1.29, 1.82) is 0 Å². The minimum Gasteiger partial charge on any atom is -0.325 e. The van der Waals surface area contributed by atoms with Gasteiger partial charge in [-0.3, -0.25) is 9.78 Å². The van der Waals surface area contributed by atoms with Crippen LogP contribution >= 0.6 is 0 Å². The summed E-state index contributed by atoms with van der Waals surface area (Å²) in [5, 5.41) is 2.69. The quantitative estimate of drug-likeness (QED) is 0.902. The van der Waals surface area contributed by atoms with E-state index in [1.165, 1.54) is 12.1 Å². The number of rotatable bonds is 3. The number of aryl methyl sites for hydroxylation is 1. The molecule has 1 aromatic heterocycles. The highest BCUT2D eigenvalue weighted by Crippen LogP contribution is 2.16. The summed E-state index contributed by atoms with van der Waals surface area (Å²) >= 11 is 0. The van der Waals surface area contributed by atoms with Crippen LogP contribution in [0.15, 0.2) is 42.7 Å². The molecule has 1 heterocycles. The Morgan fingerprint density at radius 1 is 1.39 bits per heavy atom. The average molecular weight is 244 g/mol. The van der Waals surface area contributed by atoms with Crippen molar-refractivity contribution < 1.29 is 9.18 Å². The van der Waals surface area contributed by atoms with Gasteiger partial charge < -0.3 is 5.32 Å². The molecule has 0 aliphatic carbocycles. The number of nitrogens with one attached hydrogen (secondary N) is 1. The van der Waals surface area contributed by atoms with Crippen molar-refractivity contribution in [2.45, 2.75) is 13.3 Å². The Balaban J connectivity index is 2.05. The fraction of sp³-hybridized carbons (Fsp3) is 0.143. The SMILES string of the molecule is Cc1ccc(F)cc1NC(=O)Cc1cccnc1. The lowest BCUT2D eigenvalue weighted by Crippen LogP contribution is -2.15. The van der Waals surface area contributed by atoms with Crippen molar-refractivity contribution in [1.82, 2.24) is 4.98 Å². The van der Waals surface area contributed by atoms with E-state index < -0.39 is 0 Å². The third-order valence-electron chi connectivity index (χ3n) is 2.56. The molecule has 0 atom stereocenters. The van der Waals surface area contributed by atoms with Gasteiger partial charge in [-0.15, -0.1) is 0 Å². The molecule has 0 bridgehead atoms. The van der Waals surface area contributed by atoms with Gasteiger partial charge in [0.25, 0.3) is 0 Å². The molecule has 1 N–H and O–H groups in total. The molecule has 0 unspecified atom stereocenters. The molecule has 2 aromatic rings. The first-order valence-corrected chi connectivity index (χ1v) is 5.60. The van der Waals surface area contributed by atoms with Crippen LogP contribution in [0.4, 0.5) is 10.1 Å². The molecule has 0 fully saturated rings. The normalized spacial score (nSPS) is 10.1. The number of benzene rings is 1. The van der Waals surface area contributed by atoms with Crippen molar-refractivity contribution in [2.24, 2.45) is 0 Å². The third kappa shape index (κ3) is 3.13. The first kappa shape index (κ1) is 12.2. The van der Waals surface area contributed by atoms with Crippen LogP contribution in [0.2, 0.25) is 0 Å². The van der Waals surface area contributed by atoms with Crippen molar-refractivity contribution in [3.63, 3.8) is 0 Å². The Bertz CT molecular complexity index is 555. The van der Waals surface area contributed by atoms with E-state index in [2.05, 4.69) is 10.3 Å². The second-order valence-corrected chi connectivity index (χ2v) is 4.05. The highest BCUT2D eigenvalue weighted by molar-refractivity contribution is 5.92. The van der Waals surface area contributed by atoms with E-state index in [9.17, 15) is 9.18 Å². The number of hydrogen-bond donors (Lipinski definition) is 1. The fourth-order valence-electron chi connectivity index (χ4n) is 1.61. The summed E-state index contributed by atoms with van der Waals surface area (Å²) in [7, 11) is 0. The first-order chi connectivity index (χ1) is 8.65. The van der Waals surface area contributed by atoms with Gasteiger partial charge in [-0.1, -0.05) is 12.1 Å². The molecule has 4 heteroatoms. The largest absolute Gasteiger partial charge is 0.325 e. The Hall–Kier alpha value is -2.23. The Labute approximate surface area is 105 Å². The maximum atomic E-state index is 13.1. The monoisotopic (exact) mass is 244 g/mol. The Morgan fingerprint density at radius 3 is 2.94 bits per heavy atom. The van der Waals surface area contributed by atoms with Gasteiger partial charge >= 0.3 is 0 Å². The van der Waals surface area contributed by atoms with Crippen LogP contribution in [-0.2, 0) is 11.2 Å². The summed E-state index contributed by atoms with van der Waals surface area (Å²) in [4.78, 5) is 15.7. The summed E-state index contributed by atoms with van der Waals surface area (Å²) in [6.45, 7) is 1.82. The Kier molecular flexibility index (Phi) is 3.67. The molecular formula is C14H13FN2O. The van der Waals surface area contributed by atoms with Crippen LogP contribution in [0.1, 0.15) is 11.1 Å². The van der Waals surface area contributed by atoms with Crippen LogP contribution in [0.5, 0.6) is 0 Å². The van der Waals surface area contributed by atoms with E-state index in [4.69, 9.17) is 0 Å². The predicted molar refractivity (Wildman–Crippen MR) is 67.7 cm³/mol. The van der Waals surface area contributed by atoms with Gasteiger partial charge in [0.1, 0.15) is 5.82 Å². The van der Waals surface area contributed by atoms with Crippen LogP contribution in [0.25, 0.3) is 0 Å². The van der Waals surface area contributed by atoms with Crippen molar-refractivity contribution >= 4 is 11.6 Å². The minimum absolute atomic E-state index is 0.184. The Morgan fingerprint density at radius 2 is 2.22 bits per heavy atom. The van der Waals surface area contributed by atoms with Gasteiger partial charge in [0.05, 0.1) is 6.42 Å². The van der Waals surface area contributed by atoms with Crippen LogP contribution in [-0.4, -0.2) is 10.9 Å². The molecule has 0 saturated heterocycles. The van der Waals surface area contributed by atoms with Crippen molar-refractivity contribution in [3.8, 4) is 0 Å². The van der Waals surface area contributed by atoms with E-state index in [1.54, 1.807) is 24.5 Å². The molecule has 92 valence electrons. The van der Waals surface area contributed by atoms with E-state index in [0.717, 1.165) is 11.1 Å². The molecule has 0 spiro atoms. The summed E-state index contributed by atoms with van der Waals surface area (Å²) in [5.41, 5.74) is 2.16. The minimum atomic E-state index is -0.364. The number of amides is 1. The lowest BCUT2D eigenvalue weighted by molar-refractivity contribution is -0.115. The molecule has 0 aliphatic rings. The fourth-order valence-corrected chi connectivity index (χ4v) is 1.61. The highest BCUT2D eigenvalue weighted by atomic mass is 19.1. The topological polar surface area (TPSA) is 42.0 Å². The van der Waals surface area contributed by atoms with E-state index >= 15 is 0 Å². The van der Waals surface area contributed by atoms with E-state index in [1.807, 2.05) is 13.0 Å². The van der Waals surface area contributed by atoms with Gasteiger partial charge in [-0.25, -0.2) is 4.39 Å². The maximum absolute atomic E-state index is 13.1. The lowest BCUT2D eigenvalue weighted by Gasteiger charge is -2.08. The lowest BCUT2D eigenvalue weighted by atomic mass is 10.1. The molecule has 0 aliphatic heterocycles. The number of hydrogen-bond acceptors (Lipinski definition) is 2. The second kappa shape index (κ2) is 5.40. The molecule has 0 saturated carbocycles. The zero-order valence-corrected chi connectivity index (χ0v) is 9.98. The number of carbonyl (C=O) groups excluding carboxylic acids is 1. The number of nitrogens with zero attached hydrogens (tertiary/aromatic N) is 1. The van der Waals surface area contributed by atoms with Crippen LogP contribution in [0, 0.1) is 12.7 Å². The molecule has 2 rings (SSSR count). The molecule has 0 radical (unpaired) electrons. The molecule has 18 heavy (non-hydrogen) atoms. The summed E-state index contributed by atoms with van der Waals surface area (Å²) < 4.78 is 13.1. The van der Waals surface area contributed by atoms with Crippen LogP contribution in [0.3, 0.4) is 0 Å². The average Bonchev–Trinajstić information content (AvgIpc) is 2.35. The molecular weight excluding hydrogens is 231 g/mol. The zero-order chi connectivity index (χ0) is 13.0. The third-order valence-corrected chi connectivity index (χ3v) is 2.56. The summed E-state index contributed by atoms with van der Waals surface area (Å²) in [6.07, 6.45) is 3.51. The number of carbonyl (C=O) groups is 1. The van der Waals surface area contributed by atoms with Gasteiger partial charge in [0.15, 0.2) is 0 Å². The molecule has 3 nitrogen and oxygen atoms in total. The van der Waals surface area contributed by atoms with Gasteiger partial charge in [0, 0.05) is 18.1 Å². The second-order valence-electron chi connectivity index (χ2n) is 4.05. The highest BCUT2D eigenvalue weighted by Gasteiger charge is 2.06. The zero-order valence-electron chi connectivity index (χ0n) is 9.98. The standard InChI is InChI=1S/C14H13FN2O/c1-10-4-5-12(15)8-13(10)17-14(18)7-11-3-2-6-16-9-11/h2-6,8-9H,7H2,1H3,(H,17,18). The van der Waals surface area contributed by atoms with E-state index in [0.29, 0.717) is 5.69 Å². The maximum Gasteiger partial charge on any atom is 0.228 e. The number of aromatic nitrogens is 1. The van der Waals surface area contributed by atoms with Crippen molar-refractivity contribution in [3.05, 3.63) is 59.7 Å². The van der Waals surface area contributed by atoms with Crippen LogP contribution < -0.4 is 5.32 Å². The smallest absolute Gasteiger partial charge is 0.228 e. The summed E-state index contributed by atoms with van der Waals surface area (Å²) in [6, 6.07) is 7.92. The van der Waals surface area contributed by atoms with Gasteiger partial charge in [0.2, 0.25) is 5.91 Å². The predicted octanol–water partition coefficient (Wildman–Crippen LogP) is 2.71. The molecule has 1 amide bonds. The first-order valence-electron chi connectivity index (χ1n) is 5.60. The number of anilines is 1.